The number of carbonyl (C=O) groups excluding carboxylic acids is 2. The molecule has 238 valence electrons. The Morgan fingerprint density at radius 2 is 1.57 bits per heavy atom. The van der Waals surface area contributed by atoms with Crippen molar-refractivity contribution in [3.8, 4) is 0 Å². The number of allylic oxidation sites excluding steroid dienone is 1. The highest BCUT2D eigenvalue weighted by atomic mass is 16.7. The van der Waals surface area contributed by atoms with Crippen LogP contribution in [0, 0.1) is 45.3 Å². The molecule has 0 aromatic heterocycles. The first kappa shape index (κ1) is 31.9. The smallest absolute Gasteiger partial charge is 0.302 e. The van der Waals surface area contributed by atoms with E-state index in [-0.39, 0.29) is 76.1 Å². The minimum atomic E-state index is -2.01. The first-order valence-electron chi connectivity index (χ1n) is 16.0. The van der Waals surface area contributed by atoms with Crippen LogP contribution in [0.25, 0.3) is 0 Å². The maximum absolute atomic E-state index is 12.6. The molecule has 5 rings (SSSR count). The average Bonchev–Trinajstić information content (AvgIpc) is 3.21. The van der Waals surface area contributed by atoms with Crippen LogP contribution in [0.5, 0.6) is 0 Å². The number of carbonyl (C=O) groups is 2. The van der Waals surface area contributed by atoms with Gasteiger partial charge in [-0.05, 0) is 93.3 Å². The summed E-state index contributed by atoms with van der Waals surface area (Å²) in [5.74, 6) is -1.81. The van der Waals surface area contributed by atoms with E-state index in [9.17, 15) is 24.9 Å². The quantitative estimate of drug-likeness (QED) is 0.312. The van der Waals surface area contributed by atoms with Crippen LogP contribution in [0.2, 0.25) is 0 Å². The minimum absolute atomic E-state index is 0.0127. The zero-order valence-electron chi connectivity index (χ0n) is 27.2. The number of aliphatic hydroxyl groups excluding tert-OH is 1. The molecule has 2 unspecified atom stereocenters. The molecule has 1 aliphatic heterocycles. The Morgan fingerprint density at radius 1 is 0.952 bits per heavy atom. The van der Waals surface area contributed by atoms with E-state index in [4.69, 9.17) is 14.2 Å². The first-order valence-corrected chi connectivity index (χ1v) is 16.0. The Balaban J connectivity index is 1.48. The van der Waals surface area contributed by atoms with Gasteiger partial charge >= 0.3 is 11.9 Å². The molecule has 0 radical (unpaired) electrons. The maximum atomic E-state index is 12.6. The van der Waals surface area contributed by atoms with Crippen molar-refractivity contribution in [2.75, 3.05) is 6.61 Å². The molecule has 1 heterocycles. The van der Waals surface area contributed by atoms with Gasteiger partial charge in [-0.25, -0.2) is 0 Å². The molecular formula is C34H54O8. The van der Waals surface area contributed by atoms with Gasteiger partial charge in [0.15, 0.2) is 0 Å². The summed E-state index contributed by atoms with van der Waals surface area (Å²) in [6, 6.07) is 0. The van der Waals surface area contributed by atoms with Crippen molar-refractivity contribution in [3.05, 3.63) is 11.6 Å². The van der Waals surface area contributed by atoms with Gasteiger partial charge in [-0.2, -0.15) is 0 Å². The fourth-order valence-corrected chi connectivity index (χ4v) is 11.2. The average molecular weight is 591 g/mol. The maximum Gasteiger partial charge on any atom is 0.302 e. The highest BCUT2D eigenvalue weighted by molar-refractivity contribution is 5.67. The minimum Gasteiger partial charge on any atom is -0.462 e. The number of hydrogen-bond donors (Lipinski definition) is 3. The van der Waals surface area contributed by atoms with Gasteiger partial charge in [-0.3, -0.25) is 9.59 Å². The van der Waals surface area contributed by atoms with E-state index in [0.717, 1.165) is 38.5 Å². The van der Waals surface area contributed by atoms with E-state index >= 15 is 0 Å². The Kier molecular flexibility index (Phi) is 7.61. The number of rotatable bonds is 4. The molecule has 3 N–H and O–H groups in total. The normalized spacial score (nSPS) is 48.3. The zero-order chi connectivity index (χ0) is 31.3. The molecule has 1 saturated heterocycles. The molecule has 0 spiro atoms. The lowest BCUT2D eigenvalue weighted by Crippen LogP contribution is -2.66. The van der Waals surface area contributed by atoms with Crippen LogP contribution in [0.3, 0.4) is 0 Å². The molecular weight excluding hydrogens is 536 g/mol. The van der Waals surface area contributed by atoms with Gasteiger partial charge in [0.1, 0.15) is 23.9 Å². The molecule has 42 heavy (non-hydrogen) atoms. The second kappa shape index (κ2) is 10.0. The van der Waals surface area contributed by atoms with Gasteiger partial charge in [-0.15, -0.1) is 0 Å². The second-order valence-electron chi connectivity index (χ2n) is 16.2. The van der Waals surface area contributed by atoms with Crippen LogP contribution in [0.15, 0.2) is 11.6 Å². The molecule has 0 aromatic carbocycles. The summed E-state index contributed by atoms with van der Waals surface area (Å²) in [6.45, 7) is 17.7. The van der Waals surface area contributed by atoms with Crippen LogP contribution in [0.1, 0.15) is 107 Å². The second-order valence-corrected chi connectivity index (χ2v) is 16.2. The Hall–Kier alpha value is -1.48. The third-order valence-electron chi connectivity index (χ3n) is 13.2. The monoisotopic (exact) mass is 590 g/mol. The fourth-order valence-electron chi connectivity index (χ4n) is 11.2. The van der Waals surface area contributed by atoms with Gasteiger partial charge in [0.2, 0.25) is 5.79 Å². The topological polar surface area (TPSA) is 123 Å². The molecule has 5 aliphatic rings. The molecule has 8 heteroatoms. The van der Waals surface area contributed by atoms with Gasteiger partial charge in [0, 0.05) is 24.7 Å². The molecule has 0 aromatic rings. The predicted molar refractivity (Wildman–Crippen MR) is 157 cm³/mol. The Morgan fingerprint density at radius 3 is 2.14 bits per heavy atom. The predicted octanol–water partition coefficient (Wildman–Crippen LogP) is 4.92. The summed E-state index contributed by atoms with van der Waals surface area (Å²) < 4.78 is 18.0. The van der Waals surface area contributed by atoms with E-state index < -0.39 is 17.5 Å². The van der Waals surface area contributed by atoms with Crippen molar-refractivity contribution in [2.24, 2.45) is 45.3 Å². The van der Waals surface area contributed by atoms with Crippen molar-refractivity contribution in [1.29, 1.82) is 0 Å². The molecule has 11 atom stereocenters. The molecule has 4 fully saturated rings. The summed E-state index contributed by atoms with van der Waals surface area (Å²) in [5.41, 5.74) is -1.04. The summed E-state index contributed by atoms with van der Waals surface area (Å²) >= 11 is 0. The van der Waals surface area contributed by atoms with Crippen molar-refractivity contribution in [2.45, 2.75) is 137 Å². The van der Waals surface area contributed by atoms with Gasteiger partial charge in [-0.1, -0.05) is 46.3 Å². The van der Waals surface area contributed by atoms with Crippen LogP contribution in [-0.4, -0.2) is 63.6 Å². The molecule has 0 bridgehead atoms. The third kappa shape index (κ3) is 4.44. The number of fused-ring (bicyclic) bond motifs is 5. The number of esters is 2. The van der Waals surface area contributed by atoms with E-state index in [1.807, 2.05) is 0 Å². The molecule has 4 aliphatic carbocycles. The van der Waals surface area contributed by atoms with E-state index in [1.54, 1.807) is 0 Å². The molecule has 3 saturated carbocycles. The highest BCUT2D eigenvalue weighted by Gasteiger charge is 2.70. The summed E-state index contributed by atoms with van der Waals surface area (Å²) in [4.78, 5) is 24.6. The lowest BCUT2D eigenvalue weighted by Gasteiger charge is -2.69. The van der Waals surface area contributed by atoms with Crippen LogP contribution in [-0.2, 0) is 23.8 Å². The lowest BCUT2D eigenvalue weighted by atomic mass is 9.37. The van der Waals surface area contributed by atoms with Crippen molar-refractivity contribution >= 4 is 11.9 Å². The Labute approximate surface area is 251 Å². The van der Waals surface area contributed by atoms with Crippen LogP contribution in [0.4, 0.5) is 0 Å². The van der Waals surface area contributed by atoms with Gasteiger partial charge in [0.05, 0.1) is 6.61 Å². The van der Waals surface area contributed by atoms with Crippen molar-refractivity contribution in [1.82, 2.24) is 0 Å². The lowest BCUT2D eigenvalue weighted by molar-refractivity contribution is -0.353. The number of aliphatic hydroxyl groups is 3. The summed E-state index contributed by atoms with van der Waals surface area (Å²) in [5, 5.41) is 32.5. The van der Waals surface area contributed by atoms with Gasteiger partial charge < -0.3 is 29.5 Å². The van der Waals surface area contributed by atoms with E-state index in [1.165, 1.54) is 33.3 Å². The fraction of sp³-hybridized carbons (Fsp3) is 0.882. The van der Waals surface area contributed by atoms with Crippen LogP contribution >= 0.6 is 0 Å². The summed E-state index contributed by atoms with van der Waals surface area (Å²) in [6.07, 6.45) is 6.37. The summed E-state index contributed by atoms with van der Waals surface area (Å²) in [7, 11) is 0. The molecule has 8 nitrogen and oxygen atoms in total. The number of hydrogen-bond acceptors (Lipinski definition) is 8. The standard InChI is InChI=1S/C34H54O8/c1-19(35)41-27-13-15-32(8)24-12-14-31(7)22(21-16-26(37)34(39,40-18-21)30(5,6)38)10-11-23(31)33(24,9)28(42-20(2)36)17-25(32)29(27,3)4/h11,21-22,24-28,37-39H,10,12-18H2,1-9H3/t21?,22-,24?,25-,26+,27+,28+,31-,32+,33-,34-/m0/s1. The zero-order valence-corrected chi connectivity index (χ0v) is 27.2. The highest BCUT2D eigenvalue weighted by Crippen LogP contribution is 2.74. The SMILES string of the molecule is CC(=O)O[C@@H]1CC[C@]2(C)C3CC[C@]4(C)C(=CC[C@H]4C4CO[C@](O)(C(C)(C)O)[C@H](O)C4)[C@]3(C)[C@H](OC(C)=O)C[C@H]2C1(C)C. The van der Waals surface area contributed by atoms with Crippen molar-refractivity contribution in [3.63, 3.8) is 0 Å². The number of ether oxygens (including phenoxy) is 3. The molecule has 0 amide bonds. The van der Waals surface area contributed by atoms with Crippen molar-refractivity contribution < 1.29 is 39.1 Å². The van der Waals surface area contributed by atoms with E-state index in [0.29, 0.717) is 6.42 Å². The largest absolute Gasteiger partial charge is 0.462 e. The Bertz CT molecular complexity index is 1140. The van der Waals surface area contributed by atoms with Crippen LogP contribution < -0.4 is 0 Å². The first-order chi connectivity index (χ1) is 19.2. The van der Waals surface area contributed by atoms with Gasteiger partial charge in [0.25, 0.3) is 0 Å². The van der Waals surface area contributed by atoms with E-state index in [2.05, 4.69) is 40.7 Å². The third-order valence-corrected chi connectivity index (χ3v) is 13.2.